The molecular formula is C24H23N3O2S. The average molecular weight is 418 g/mol. The average Bonchev–Trinajstić information content (AvgIpc) is 3.44. The predicted molar refractivity (Wildman–Crippen MR) is 120 cm³/mol. The Labute approximate surface area is 179 Å². The second-order valence-corrected chi connectivity index (χ2v) is 7.85. The third-order valence-corrected chi connectivity index (χ3v) is 5.58. The molecule has 0 spiro atoms. The Morgan fingerprint density at radius 2 is 2.03 bits per heavy atom. The first-order valence-corrected chi connectivity index (χ1v) is 10.7. The summed E-state index contributed by atoms with van der Waals surface area (Å²) < 4.78 is 7.82. The number of ether oxygens (including phenoxy) is 1. The Morgan fingerprint density at radius 3 is 2.77 bits per heavy atom. The third kappa shape index (κ3) is 4.96. The van der Waals surface area contributed by atoms with E-state index in [1.807, 2.05) is 88.6 Å². The zero-order chi connectivity index (χ0) is 20.8. The van der Waals surface area contributed by atoms with Gasteiger partial charge in [-0.3, -0.25) is 4.79 Å². The molecule has 0 atom stereocenters. The topological polar surface area (TPSA) is 46.8 Å². The molecule has 0 unspecified atom stereocenters. The number of hydrogen-bond acceptors (Lipinski definition) is 4. The number of aromatic nitrogens is 2. The fourth-order valence-electron chi connectivity index (χ4n) is 3.10. The summed E-state index contributed by atoms with van der Waals surface area (Å²) >= 11 is 1.67. The van der Waals surface area contributed by atoms with Crippen LogP contribution in [0, 0.1) is 0 Å². The Hall–Kier alpha value is -3.38. The maximum atomic E-state index is 12.5. The highest BCUT2D eigenvalue weighted by Crippen LogP contribution is 2.16. The Kier molecular flexibility index (Phi) is 6.25. The lowest BCUT2D eigenvalue weighted by Gasteiger charge is -2.18. The molecule has 1 amide bonds. The number of pyridine rings is 1. The molecule has 0 saturated heterocycles. The van der Waals surface area contributed by atoms with Crippen LogP contribution < -0.4 is 4.74 Å². The SMILES string of the molecule is CCN(Cc1cccs1)C(=O)/C=C/c1ccc(OCc2cn3ccccc3n2)cc1. The molecule has 4 aromatic rings. The number of imidazole rings is 1. The van der Waals surface area contributed by atoms with Crippen LogP contribution in [0.3, 0.4) is 0 Å². The van der Waals surface area contributed by atoms with Crippen molar-refractivity contribution < 1.29 is 9.53 Å². The smallest absolute Gasteiger partial charge is 0.246 e. The minimum atomic E-state index is 0.0121. The standard InChI is InChI=1S/C24H23N3O2S/c1-2-26(17-22-6-5-15-30-22)24(28)13-10-19-8-11-21(12-9-19)29-18-20-16-27-14-4-3-7-23(27)25-20/h3-16H,2,17-18H2,1H3/b13-10+. The van der Waals surface area contributed by atoms with Gasteiger partial charge in [-0.05, 0) is 54.3 Å². The second kappa shape index (κ2) is 9.41. The van der Waals surface area contributed by atoms with Crippen LogP contribution in [0.1, 0.15) is 23.1 Å². The molecule has 0 fully saturated rings. The molecule has 152 valence electrons. The fourth-order valence-corrected chi connectivity index (χ4v) is 3.82. The minimum Gasteiger partial charge on any atom is -0.487 e. The van der Waals surface area contributed by atoms with Crippen LogP contribution >= 0.6 is 11.3 Å². The molecule has 0 saturated carbocycles. The van der Waals surface area contributed by atoms with Gasteiger partial charge >= 0.3 is 0 Å². The van der Waals surface area contributed by atoms with Gasteiger partial charge in [0.05, 0.1) is 12.2 Å². The summed E-state index contributed by atoms with van der Waals surface area (Å²) in [6.45, 7) is 3.72. The van der Waals surface area contributed by atoms with E-state index in [4.69, 9.17) is 4.74 Å². The maximum absolute atomic E-state index is 12.5. The molecular weight excluding hydrogens is 394 g/mol. The molecule has 4 rings (SSSR count). The summed E-state index contributed by atoms with van der Waals surface area (Å²) in [6, 6.07) is 17.7. The van der Waals surface area contributed by atoms with Crippen molar-refractivity contribution in [2.24, 2.45) is 0 Å². The van der Waals surface area contributed by atoms with Gasteiger partial charge in [-0.1, -0.05) is 24.3 Å². The molecule has 0 aliphatic carbocycles. The number of thiophene rings is 1. The Morgan fingerprint density at radius 1 is 1.17 bits per heavy atom. The number of likely N-dealkylation sites (N-methyl/N-ethyl adjacent to an activating group) is 1. The number of nitrogens with zero attached hydrogens (tertiary/aromatic N) is 3. The Balaban J connectivity index is 1.32. The summed E-state index contributed by atoms with van der Waals surface area (Å²) in [5.41, 5.74) is 2.73. The van der Waals surface area contributed by atoms with Gasteiger partial charge in [-0.15, -0.1) is 11.3 Å². The molecule has 0 aliphatic heterocycles. The van der Waals surface area contributed by atoms with Gasteiger partial charge < -0.3 is 14.0 Å². The number of benzene rings is 1. The normalized spacial score (nSPS) is 11.2. The zero-order valence-electron chi connectivity index (χ0n) is 16.8. The number of carbonyl (C=O) groups excluding carboxylic acids is 1. The van der Waals surface area contributed by atoms with E-state index >= 15 is 0 Å². The first kappa shape index (κ1) is 19.9. The van der Waals surface area contributed by atoms with E-state index in [-0.39, 0.29) is 5.91 Å². The highest BCUT2D eigenvalue weighted by atomic mass is 32.1. The van der Waals surface area contributed by atoms with E-state index in [0.717, 1.165) is 22.7 Å². The van der Waals surface area contributed by atoms with Crippen LogP contribution in [0.25, 0.3) is 11.7 Å². The zero-order valence-corrected chi connectivity index (χ0v) is 17.6. The lowest BCUT2D eigenvalue weighted by Crippen LogP contribution is -2.28. The van der Waals surface area contributed by atoms with Crippen molar-refractivity contribution in [1.29, 1.82) is 0 Å². The lowest BCUT2D eigenvalue weighted by molar-refractivity contribution is -0.126. The van der Waals surface area contributed by atoms with Crippen LogP contribution in [0.5, 0.6) is 5.75 Å². The molecule has 1 aromatic carbocycles. The van der Waals surface area contributed by atoms with Crippen LogP contribution in [0.4, 0.5) is 0 Å². The summed E-state index contributed by atoms with van der Waals surface area (Å²) in [5.74, 6) is 0.779. The monoisotopic (exact) mass is 417 g/mol. The largest absolute Gasteiger partial charge is 0.487 e. The van der Waals surface area contributed by atoms with Crippen molar-refractivity contribution in [3.8, 4) is 5.75 Å². The first-order chi connectivity index (χ1) is 14.7. The van der Waals surface area contributed by atoms with E-state index in [9.17, 15) is 4.79 Å². The summed E-state index contributed by atoms with van der Waals surface area (Å²) in [5, 5.41) is 2.03. The van der Waals surface area contributed by atoms with Crippen molar-refractivity contribution in [3.05, 3.63) is 94.6 Å². The molecule has 3 aromatic heterocycles. The van der Waals surface area contributed by atoms with Gasteiger partial charge in [0, 0.05) is 29.9 Å². The third-order valence-electron chi connectivity index (χ3n) is 4.72. The summed E-state index contributed by atoms with van der Waals surface area (Å²) in [6.07, 6.45) is 7.40. The van der Waals surface area contributed by atoms with E-state index in [1.165, 1.54) is 4.88 Å². The van der Waals surface area contributed by atoms with Gasteiger partial charge in [-0.2, -0.15) is 0 Å². The van der Waals surface area contributed by atoms with E-state index in [2.05, 4.69) is 11.1 Å². The Bertz CT molecular complexity index is 1100. The van der Waals surface area contributed by atoms with Crippen LogP contribution in [0.15, 0.2) is 78.4 Å². The van der Waals surface area contributed by atoms with Crippen molar-refractivity contribution in [2.45, 2.75) is 20.1 Å². The lowest BCUT2D eigenvalue weighted by atomic mass is 10.2. The van der Waals surface area contributed by atoms with Crippen molar-refractivity contribution in [1.82, 2.24) is 14.3 Å². The molecule has 0 aliphatic rings. The molecule has 5 nitrogen and oxygen atoms in total. The maximum Gasteiger partial charge on any atom is 0.246 e. The van der Waals surface area contributed by atoms with Crippen LogP contribution in [0.2, 0.25) is 0 Å². The number of amides is 1. The molecule has 0 bridgehead atoms. The quantitative estimate of drug-likeness (QED) is 0.378. The van der Waals surface area contributed by atoms with E-state index in [1.54, 1.807) is 17.4 Å². The second-order valence-electron chi connectivity index (χ2n) is 6.82. The first-order valence-electron chi connectivity index (χ1n) is 9.86. The van der Waals surface area contributed by atoms with Gasteiger partial charge in [0.1, 0.15) is 18.0 Å². The number of carbonyl (C=O) groups is 1. The molecule has 6 heteroatoms. The van der Waals surface area contributed by atoms with Gasteiger partial charge in [0.2, 0.25) is 5.91 Å². The molecule has 30 heavy (non-hydrogen) atoms. The van der Waals surface area contributed by atoms with Gasteiger partial charge in [0.15, 0.2) is 0 Å². The van der Waals surface area contributed by atoms with Crippen LogP contribution in [-0.2, 0) is 17.9 Å². The van der Waals surface area contributed by atoms with Gasteiger partial charge in [-0.25, -0.2) is 4.98 Å². The van der Waals surface area contributed by atoms with E-state index in [0.29, 0.717) is 19.7 Å². The summed E-state index contributed by atoms with van der Waals surface area (Å²) in [7, 11) is 0. The predicted octanol–water partition coefficient (Wildman–Crippen LogP) is 5.04. The summed E-state index contributed by atoms with van der Waals surface area (Å²) in [4.78, 5) is 20.0. The van der Waals surface area contributed by atoms with Crippen LogP contribution in [-0.4, -0.2) is 26.7 Å². The highest BCUT2D eigenvalue weighted by molar-refractivity contribution is 7.09. The highest BCUT2D eigenvalue weighted by Gasteiger charge is 2.09. The number of hydrogen-bond donors (Lipinski definition) is 0. The number of rotatable bonds is 8. The fraction of sp³-hybridized carbons (Fsp3) is 0.167. The van der Waals surface area contributed by atoms with Crippen molar-refractivity contribution in [3.63, 3.8) is 0 Å². The van der Waals surface area contributed by atoms with E-state index < -0.39 is 0 Å². The molecule has 3 heterocycles. The molecule has 0 radical (unpaired) electrons. The van der Waals surface area contributed by atoms with Gasteiger partial charge in [0.25, 0.3) is 0 Å². The van der Waals surface area contributed by atoms with Crippen molar-refractivity contribution in [2.75, 3.05) is 6.54 Å². The minimum absolute atomic E-state index is 0.0121. The molecule has 0 N–H and O–H groups in total. The van der Waals surface area contributed by atoms with Crippen molar-refractivity contribution >= 4 is 29.0 Å². The number of fused-ring (bicyclic) bond motifs is 1.